The molecule has 3 rings (SSSR count). The standard InChI is InChI=1S/C26H26ClNO5/c1-17-18(2)24(33-16-19-8-10-20(27)11-9-19)13-12-22(17)25(29)28-23(26(30)31)14-15-32-21-6-4-3-5-7-21/h3-13,23H,14-16H2,1-2H3,(H,28,29)(H,30,31). The highest BCUT2D eigenvalue weighted by Gasteiger charge is 2.22. The fourth-order valence-corrected chi connectivity index (χ4v) is 3.37. The highest BCUT2D eigenvalue weighted by atomic mass is 35.5. The van der Waals surface area contributed by atoms with E-state index in [-0.39, 0.29) is 13.0 Å². The Balaban J connectivity index is 1.62. The van der Waals surface area contributed by atoms with E-state index in [0.717, 1.165) is 16.7 Å². The highest BCUT2D eigenvalue weighted by molar-refractivity contribution is 6.30. The van der Waals surface area contributed by atoms with Crippen molar-refractivity contribution in [3.05, 3.63) is 94.0 Å². The number of hydrogen-bond donors (Lipinski definition) is 2. The van der Waals surface area contributed by atoms with Gasteiger partial charge in [0.1, 0.15) is 24.1 Å². The van der Waals surface area contributed by atoms with E-state index in [1.807, 2.05) is 44.2 Å². The van der Waals surface area contributed by atoms with Crippen LogP contribution in [0.25, 0.3) is 0 Å². The van der Waals surface area contributed by atoms with Crippen LogP contribution in [0, 0.1) is 13.8 Å². The fourth-order valence-electron chi connectivity index (χ4n) is 3.24. The van der Waals surface area contributed by atoms with Gasteiger partial charge in [0.2, 0.25) is 0 Å². The van der Waals surface area contributed by atoms with Gasteiger partial charge in [-0.2, -0.15) is 0 Å². The molecule has 0 radical (unpaired) electrons. The van der Waals surface area contributed by atoms with Crippen molar-refractivity contribution < 1.29 is 24.2 Å². The zero-order chi connectivity index (χ0) is 23.8. The highest BCUT2D eigenvalue weighted by Crippen LogP contribution is 2.25. The Morgan fingerprint density at radius 1 is 0.939 bits per heavy atom. The Hall–Kier alpha value is -3.51. The molecule has 7 heteroatoms. The molecular formula is C26H26ClNO5. The van der Waals surface area contributed by atoms with Gasteiger partial charge in [-0.15, -0.1) is 0 Å². The number of carbonyl (C=O) groups excluding carboxylic acids is 1. The number of amides is 1. The number of halogens is 1. The van der Waals surface area contributed by atoms with E-state index in [2.05, 4.69) is 5.32 Å². The summed E-state index contributed by atoms with van der Waals surface area (Å²) in [6.07, 6.45) is 0.135. The van der Waals surface area contributed by atoms with Gasteiger partial charge >= 0.3 is 5.97 Å². The monoisotopic (exact) mass is 467 g/mol. The van der Waals surface area contributed by atoms with Gasteiger partial charge in [-0.05, 0) is 66.9 Å². The maximum absolute atomic E-state index is 12.8. The molecule has 3 aromatic carbocycles. The summed E-state index contributed by atoms with van der Waals surface area (Å²) in [4.78, 5) is 24.5. The Morgan fingerprint density at radius 3 is 2.30 bits per heavy atom. The summed E-state index contributed by atoms with van der Waals surface area (Å²) in [6.45, 7) is 4.21. The molecule has 1 amide bonds. The second kappa shape index (κ2) is 11.4. The lowest BCUT2D eigenvalue weighted by Crippen LogP contribution is -2.42. The lowest BCUT2D eigenvalue weighted by Gasteiger charge is -2.18. The summed E-state index contributed by atoms with van der Waals surface area (Å²) in [5, 5.41) is 12.8. The van der Waals surface area contributed by atoms with Gasteiger partial charge in [-0.1, -0.05) is 41.9 Å². The van der Waals surface area contributed by atoms with Crippen molar-refractivity contribution >= 4 is 23.5 Å². The molecule has 0 bridgehead atoms. The van der Waals surface area contributed by atoms with Crippen LogP contribution in [0.15, 0.2) is 66.7 Å². The van der Waals surface area contributed by atoms with E-state index >= 15 is 0 Å². The maximum Gasteiger partial charge on any atom is 0.326 e. The molecule has 0 aromatic heterocycles. The topological polar surface area (TPSA) is 84.9 Å². The van der Waals surface area contributed by atoms with Gasteiger partial charge in [0, 0.05) is 17.0 Å². The molecule has 0 spiro atoms. The molecule has 0 fully saturated rings. The van der Waals surface area contributed by atoms with Crippen LogP contribution in [-0.2, 0) is 11.4 Å². The molecule has 2 N–H and O–H groups in total. The van der Waals surface area contributed by atoms with Crippen LogP contribution in [0.1, 0.15) is 33.5 Å². The van der Waals surface area contributed by atoms with E-state index in [1.165, 1.54) is 0 Å². The van der Waals surface area contributed by atoms with Gasteiger partial charge in [0.15, 0.2) is 0 Å². The van der Waals surface area contributed by atoms with Gasteiger partial charge < -0.3 is 19.9 Å². The van der Waals surface area contributed by atoms with E-state index in [1.54, 1.807) is 36.4 Å². The van der Waals surface area contributed by atoms with Crippen molar-refractivity contribution in [2.75, 3.05) is 6.61 Å². The number of carboxylic acid groups (broad SMARTS) is 1. The number of carbonyl (C=O) groups is 2. The van der Waals surface area contributed by atoms with Gasteiger partial charge in [0.05, 0.1) is 6.61 Å². The van der Waals surface area contributed by atoms with Crippen LogP contribution in [-0.4, -0.2) is 29.6 Å². The van der Waals surface area contributed by atoms with Crippen LogP contribution >= 0.6 is 11.6 Å². The summed E-state index contributed by atoms with van der Waals surface area (Å²) in [5.41, 5.74) is 2.92. The van der Waals surface area contributed by atoms with Crippen molar-refractivity contribution in [1.82, 2.24) is 5.32 Å². The molecule has 172 valence electrons. The third-order valence-electron chi connectivity index (χ3n) is 5.31. The van der Waals surface area contributed by atoms with E-state index < -0.39 is 17.9 Å². The van der Waals surface area contributed by atoms with E-state index in [4.69, 9.17) is 21.1 Å². The van der Waals surface area contributed by atoms with Gasteiger partial charge in [-0.3, -0.25) is 4.79 Å². The lowest BCUT2D eigenvalue weighted by atomic mass is 10.0. The van der Waals surface area contributed by atoms with Gasteiger partial charge in [-0.25, -0.2) is 4.79 Å². The summed E-state index contributed by atoms with van der Waals surface area (Å²) in [6, 6.07) is 18.8. The number of aliphatic carboxylic acids is 1. The second-order valence-corrected chi connectivity index (χ2v) is 8.03. The molecule has 6 nitrogen and oxygen atoms in total. The molecule has 0 aliphatic heterocycles. The van der Waals surface area contributed by atoms with Crippen molar-refractivity contribution in [1.29, 1.82) is 0 Å². The molecular weight excluding hydrogens is 442 g/mol. The average molecular weight is 468 g/mol. The smallest absolute Gasteiger partial charge is 0.326 e. The largest absolute Gasteiger partial charge is 0.494 e. The minimum absolute atomic E-state index is 0.135. The quantitative estimate of drug-likeness (QED) is 0.428. The van der Waals surface area contributed by atoms with Crippen molar-refractivity contribution in [3.8, 4) is 11.5 Å². The fraction of sp³-hybridized carbons (Fsp3) is 0.231. The number of carboxylic acids is 1. The number of ether oxygens (including phenoxy) is 2. The zero-order valence-electron chi connectivity index (χ0n) is 18.5. The summed E-state index contributed by atoms with van der Waals surface area (Å²) in [7, 11) is 0. The Bertz CT molecular complexity index is 1100. The van der Waals surface area contributed by atoms with E-state index in [0.29, 0.717) is 28.7 Å². The first kappa shape index (κ1) is 24.1. The molecule has 0 aliphatic carbocycles. The summed E-state index contributed by atoms with van der Waals surface area (Å²) < 4.78 is 11.5. The predicted molar refractivity (Wildman–Crippen MR) is 127 cm³/mol. The number of benzene rings is 3. The second-order valence-electron chi connectivity index (χ2n) is 7.59. The third-order valence-corrected chi connectivity index (χ3v) is 5.56. The van der Waals surface area contributed by atoms with Crippen LogP contribution in [0.3, 0.4) is 0 Å². The molecule has 0 saturated heterocycles. The normalized spacial score (nSPS) is 11.5. The van der Waals surface area contributed by atoms with Crippen LogP contribution in [0.2, 0.25) is 5.02 Å². The number of nitrogens with one attached hydrogen (secondary N) is 1. The minimum atomic E-state index is -1.11. The summed E-state index contributed by atoms with van der Waals surface area (Å²) in [5.74, 6) is -0.261. The van der Waals surface area contributed by atoms with Crippen molar-refractivity contribution in [2.45, 2.75) is 32.9 Å². The molecule has 1 unspecified atom stereocenters. The lowest BCUT2D eigenvalue weighted by molar-refractivity contribution is -0.139. The minimum Gasteiger partial charge on any atom is -0.494 e. The Morgan fingerprint density at radius 2 is 1.64 bits per heavy atom. The molecule has 1 atom stereocenters. The van der Waals surface area contributed by atoms with E-state index in [9.17, 15) is 14.7 Å². The average Bonchev–Trinajstić information content (AvgIpc) is 2.81. The molecule has 33 heavy (non-hydrogen) atoms. The van der Waals surface area contributed by atoms with Crippen LogP contribution in [0.4, 0.5) is 0 Å². The first-order valence-corrected chi connectivity index (χ1v) is 10.9. The summed E-state index contributed by atoms with van der Waals surface area (Å²) >= 11 is 5.91. The molecule has 3 aromatic rings. The van der Waals surface area contributed by atoms with Crippen molar-refractivity contribution in [2.24, 2.45) is 0 Å². The molecule has 0 aliphatic rings. The maximum atomic E-state index is 12.8. The third kappa shape index (κ3) is 6.73. The molecule has 0 heterocycles. The number of hydrogen-bond acceptors (Lipinski definition) is 4. The SMILES string of the molecule is Cc1c(OCc2ccc(Cl)cc2)ccc(C(=O)NC(CCOc2ccccc2)C(=O)O)c1C. The molecule has 0 saturated carbocycles. The van der Waals surface area contributed by atoms with Crippen molar-refractivity contribution in [3.63, 3.8) is 0 Å². The Labute approximate surface area is 198 Å². The number of para-hydroxylation sites is 1. The number of rotatable bonds is 10. The first-order chi connectivity index (χ1) is 15.8. The zero-order valence-corrected chi connectivity index (χ0v) is 19.3. The van der Waals surface area contributed by atoms with Gasteiger partial charge in [0.25, 0.3) is 5.91 Å². The Kier molecular flexibility index (Phi) is 8.33. The van der Waals surface area contributed by atoms with Crippen LogP contribution in [0.5, 0.6) is 11.5 Å². The van der Waals surface area contributed by atoms with Crippen LogP contribution < -0.4 is 14.8 Å². The first-order valence-electron chi connectivity index (χ1n) is 10.5. The predicted octanol–water partition coefficient (Wildman–Crippen LogP) is 5.19.